The molecule has 0 spiro atoms. The summed E-state index contributed by atoms with van der Waals surface area (Å²) in [6.07, 6.45) is 0.0833. The molecule has 0 aliphatic rings. The van der Waals surface area contributed by atoms with Gasteiger partial charge in [-0.1, -0.05) is 70.5 Å². The first-order chi connectivity index (χ1) is 5.73. The van der Waals surface area contributed by atoms with Gasteiger partial charge in [-0.15, -0.1) is 0 Å². The number of rotatable bonds is 0. The lowest BCUT2D eigenvalue weighted by Gasteiger charge is -1.69. The van der Waals surface area contributed by atoms with Crippen molar-refractivity contribution in [3.05, 3.63) is 36.4 Å². The van der Waals surface area contributed by atoms with Crippen molar-refractivity contribution in [2.75, 3.05) is 0 Å². The zero-order chi connectivity index (χ0) is 9.82. The summed E-state index contributed by atoms with van der Waals surface area (Å²) >= 11 is 0. The average molecular weight is 153 g/mol. The second-order valence-corrected chi connectivity index (χ2v) is 1.73. The molecular weight excluding hydrogens is 132 g/mol. The van der Waals surface area contributed by atoms with Crippen LogP contribution in [0.15, 0.2) is 36.4 Å². The lowest BCUT2D eigenvalue weighted by molar-refractivity contribution is 1.09. The Balaban J connectivity index is 0. The molecule has 0 saturated heterocycles. The SMILES string of the molecule is CC.[2H]C(C)C.c1ccccc1. The van der Waals surface area contributed by atoms with Crippen LogP contribution in [0.1, 0.15) is 35.5 Å². The Morgan fingerprint density at radius 1 is 0.818 bits per heavy atom. The first-order valence-corrected chi connectivity index (χ1v) is 4.15. The van der Waals surface area contributed by atoms with Gasteiger partial charge >= 0.3 is 0 Å². The highest BCUT2D eigenvalue weighted by Gasteiger charge is 1.57. The van der Waals surface area contributed by atoms with Gasteiger partial charge in [0, 0.05) is 1.37 Å². The molecule has 0 unspecified atom stereocenters. The molecule has 0 fully saturated rings. The lowest BCUT2D eigenvalue weighted by Crippen LogP contribution is -1.47. The minimum absolute atomic E-state index is 0.0833. The molecule has 0 heterocycles. The minimum Gasteiger partial charge on any atom is -0.0683 e. The Bertz CT molecular complexity index is 105. The molecule has 0 bridgehead atoms. The van der Waals surface area contributed by atoms with E-state index in [0.29, 0.717) is 0 Å². The van der Waals surface area contributed by atoms with Gasteiger partial charge in [-0.25, -0.2) is 0 Å². The summed E-state index contributed by atoms with van der Waals surface area (Å²) < 4.78 is 6.58. The Hall–Kier alpha value is -0.780. The van der Waals surface area contributed by atoms with Crippen LogP contribution in [-0.4, -0.2) is 0 Å². The quantitative estimate of drug-likeness (QED) is 0.525. The van der Waals surface area contributed by atoms with Crippen LogP contribution in [0.5, 0.6) is 0 Å². The minimum atomic E-state index is 0.0833. The molecule has 0 amide bonds. The van der Waals surface area contributed by atoms with Crippen LogP contribution >= 0.6 is 0 Å². The monoisotopic (exact) mass is 153 g/mol. The topological polar surface area (TPSA) is 0 Å². The summed E-state index contributed by atoms with van der Waals surface area (Å²) in [6.45, 7) is 7.67. The maximum atomic E-state index is 6.58. The molecule has 0 heteroatoms. The van der Waals surface area contributed by atoms with Crippen LogP contribution in [0.3, 0.4) is 0 Å². The van der Waals surface area contributed by atoms with Gasteiger partial charge in [0.05, 0.1) is 0 Å². The molecule has 0 atom stereocenters. The normalized spacial score (nSPS) is 8.27. The maximum Gasteiger partial charge on any atom is 0.0261 e. The van der Waals surface area contributed by atoms with E-state index in [1.807, 2.05) is 64.1 Å². The number of hydrogen-bond acceptors (Lipinski definition) is 0. The van der Waals surface area contributed by atoms with E-state index in [1.165, 1.54) is 0 Å². The summed E-state index contributed by atoms with van der Waals surface area (Å²) in [5.41, 5.74) is 0. The van der Waals surface area contributed by atoms with Crippen LogP contribution in [0, 0.1) is 0 Å². The van der Waals surface area contributed by atoms with Crippen molar-refractivity contribution in [3.63, 3.8) is 0 Å². The van der Waals surface area contributed by atoms with Crippen molar-refractivity contribution in [3.8, 4) is 0 Å². The van der Waals surface area contributed by atoms with Crippen molar-refractivity contribution < 1.29 is 1.37 Å². The van der Waals surface area contributed by atoms with Crippen molar-refractivity contribution >= 4 is 0 Å². The molecule has 0 aromatic heterocycles. The molecule has 1 aromatic carbocycles. The zero-order valence-electron chi connectivity index (χ0n) is 9.04. The third-order valence-corrected chi connectivity index (χ3v) is 0.667. The van der Waals surface area contributed by atoms with E-state index >= 15 is 0 Å². The summed E-state index contributed by atoms with van der Waals surface area (Å²) in [5.74, 6) is 0. The van der Waals surface area contributed by atoms with Gasteiger partial charge in [-0.2, -0.15) is 0 Å². The molecule has 64 valence electrons. The molecule has 11 heavy (non-hydrogen) atoms. The summed E-state index contributed by atoms with van der Waals surface area (Å²) in [7, 11) is 0. The van der Waals surface area contributed by atoms with Gasteiger partial charge in [-0.3, -0.25) is 0 Å². The van der Waals surface area contributed by atoms with Gasteiger partial charge in [0.2, 0.25) is 0 Å². The third kappa shape index (κ3) is 17.6. The van der Waals surface area contributed by atoms with Crippen LogP contribution in [0.25, 0.3) is 0 Å². The van der Waals surface area contributed by atoms with Gasteiger partial charge in [0.15, 0.2) is 0 Å². The Morgan fingerprint density at radius 3 is 1.00 bits per heavy atom. The summed E-state index contributed by atoms with van der Waals surface area (Å²) in [6, 6.07) is 12.0. The summed E-state index contributed by atoms with van der Waals surface area (Å²) in [5, 5.41) is 0. The van der Waals surface area contributed by atoms with E-state index in [4.69, 9.17) is 1.37 Å². The lowest BCUT2D eigenvalue weighted by atomic mass is 10.4. The molecule has 0 aliphatic carbocycles. The van der Waals surface area contributed by atoms with Crippen molar-refractivity contribution in [1.29, 1.82) is 0 Å². The van der Waals surface area contributed by atoms with Crippen LogP contribution in [-0.2, 0) is 0 Å². The number of benzene rings is 1. The predicted molar refractivity (Wildman–Crippen MR) is 53.8 cm³/mol. The van der Waals surface area contributed by atoms with Crippen LogP contribution < -0.4 is 0 Å². The van der Waals surface area contributed by atoms with E-state index < -0.39 is 0 Å². The largest absolute Gasteiger partial charge is 0.0683 e. The van der Waals surface area contributed by atoms with E-state index in [9.17, 15) is 0 Å². The molecule has 0 N–H and O–H groups in total. The van der Waals surface area contributed by atoms with E-state index in [1.54, 1.807) is 0 Å². The van der Waals surface area contributed by atoms with Gasteiger partial charge in [0.25, 0.3) is 0 Å². The molecule has 0 saturated carbocycles. The molecule has 1 rings (SSSR count). The standard InChI is InChI=1S/C6H6.C3H8.C2H6/c1-2-4-6-5-3-1;1-3-2;1-2/h1-6H;3H2,1-2H3;1-2H3/i;3D;. The fraction of sp³-hybridized carbons (Fsp3) is 0.455. The van der Waals surface area contributed by atoms with Gasteiger partial charge in [-0.05, 0) is 0 Å². The van der Waals surface area contributed by atoms with E-state index in [2.05, 4.69) is 0 Å². The van der Waals surface area contributed by atoms with Gasteiger partial charge in [0.1, 0.15) is 0 Å². The van der Waals surface area contributed by atoms with Gasteiger partial charge < -0.3 is 0 Å². The summed E-state index contributed by atoms with van der Waals surface area (Å²) in [4.78, 5) is 0. The van der Waals surface area contributed by atoms with Crippen molar-refractivity contribution in [1.82, 2.24) is 0 Å². The molecule has 1 aromatic rings. The molecule has 0 radical (unpaired) electrons. The van der Waals surface area contributed by atoms with Crippen molar-refractivity contribution in [2.24, 2.45) is 0 Å². The first kappa shape index (κ1) is 10.2. The predicted octanol–water partition coefficient (Wildman–Crippen LogP) is 4.13. The smallest absolute Gasteiger partial charge is 0.0261 e. The van der Waals surface area contributed by atoms with Crippen molar-refractivity contribution in [2.45, 2.75) is 34.1 Å². The molecule has 0 nitrogen and oxygen atoms in total. The molecular formula is C11H20. The van der Waals surface area contributed by atoms with E-state index in [-0.39, 0.29) is 6.40 Å². The fourth-order valence-electron chi connectivity index (χ4n) is 0.385. The maximum absolute atomic E-state index is 6.58. The highest BCUT2D eigenvalue weighted by molar-refractivity contribution is 4.99. The fourth-order valence-corrected chi connectivity index (χ4v) is 0.385. The van der Waals surface area contributed by atoms with Crippen LogP contribution in [0.2, 0.25) is 0 Å². The third-order valence-electron chi connectivity index (χ3n) is 0.667. The number of hydrogen-bond donors (Lipinski definition) is 0. The second-order valence-electron chi connectivity index (χ2n) is 1.73. The van der Waals surface area contributed by atoms with E-state index in [0.717, 1.165) is 0 Å². The van der Waals surface area contributed by atoms with Crippen LogP contribution in [0.4, 0.5) is 0 Å². The highest BCUT2D eigenvalue weighted by Crippen LogP contribution is 1.79. The average Bonchev–Trinajstić information content (AvgIpc) is 2.10. The Morgan fingerprint density at radius 2 is 0.909 bits per heavy atom. The second kappa shape index (κ2) is 16.1. The molecule has 0 aliphatic heterocycles. The Labute approximate surface area is 72.7 Å². The highest BCUT2D eigenvalue weighted by atomic mass is 13.6. The zero-order valence-corrected chi connectivity index (χ0v) is 8.04. The first-order valence-electron chi connectivity index (χ1n) is 4.73. The Kier molecular flexibility index (Phi) is 15.0.